The van der Waals surface area contributed by atoms with Crippen LogP contribution in [0, 0.1) is 5.92 Å². The molecule has 12 heteroatoms. The largest absolute Gasteiger partial charge is 0.445 e. The van der Waals surface area contributed by atoms with E-state index in [2.05, 4.69) is 16.0 Å². The van der Waals surface area contributed by atoms with E-state index in [9.17, 15) is 18.9 Å². The Morgan fingerprint density at radius 2 is 1.65 bits per heavy atom. The van der Waals surface area contributed by atoms with Crippen molar-refractivity contribution in [1.29, 1.82) is 0 Å². The Labute approximate surface area is 239 Å². The third-order valence-electron chi connectivity index (χ3n) is 6.36. The molecule has 40 heavy (non-hydrogen) atoms. The summed E-state index contributed by atoms with van der Waals surface area (Å²) < 4.78 is 29.7. The monoisotopic (exact) mass is 584 g/mol. The minimum Gasteiger partial charge on any atom is -0.445 e. The fraction of sp³-hybridized carbons (Fsp3) is 0.679. The first-order valence-electron chi connectivity index (χ1n) is 14.1. The summed E-state index contributed by atoms with van der Waals surface area (Å²) in [5.74, 6) is -1.76. The molecule has 0 radical (unpaired) electrons. The molecule has 11 nitrogen and oxygen atoms in total. The maximum Gasteiger partial charge on any atom is 0.407 e. The van der Waals surface area contributed by atoms with Crippen molar-refractivity contribution in [2.75, 3.05) is 26.8 Å². The van der Waals surface area contributed by atoms with Gasteiger partial charge in [0.2, 0.25) is 5.91 Å². The molecular formula is C28H49N4O7P. The number of ketones is 1. The number of Topliss-reactive ketones (excluding diaryl/α,β-unsaturated/α-hetero) is 1. The van der Waals surface area contributed by atoms with Gasteiger partial charge in [-0.3, -0.25) is 19.5 Å². The summed E-state index contributed by atoms with van der Waals surface area (Å²) in [7, 11) is -2.14. The molecule has 0 unspecified atom stereocenters. The zero-order valence-electron chi connectivity index (χ0n) is 24.9. The molecule has 228 valence electrons. The van der Waals surface area contributed by atoms with Crippen molar-refractivity contribution in [3.05, 3.63) is 35.9 Å². The van der Waals surface area contributed by atoms with Crippen LogP contribution >= 0.6 is 7.60 Å². The maximum absolute atomic E-state index is 13.9. The summed E-state index contributed by atoms with van der Waals surface area (Å²) in [4.78, 5) is 38.8. The molecule has 0 saturated carbocycles. The lowest BCUT2D eigenvalue weighted by atomic mass is 9.82. The Morgan fingerprint density at radius 3 is 2.17 bits per heavy atom. The van der Waals surface area contributed by atoms with Crippen LogP contribution in [0.3, 0.4) is 0 Å². The zero-order valence-corrected chi connectivity index (χ0v) is 25.8. The fourth-order valence-electron chi connectivity index (χ4n) is 4.34. The highest BCUT2D eigenvalue weighted by atomic mass is 31.2. The van der Waals surface area contributed by atoms with Gasteiger partial charge in [-0.05, 0) is 57.4 Å². The van der Waals surface area contributed by atoms with Gasteiger partial charge < -0.3 is 30.2 Å². The van der Waals surface area contributed by atoms with Crippen LogP contribution in [0.1, 0.15) is 72.3 Å². The smallest absolute Gasteiger partial charge is 0.407 e. The molecular weight excluding hydrogens is 535 g/mol. The highest BCUT2D eigenvalue weighted by Crippen LogP contribution is 2.53. The van der Waals surface area contributed by atoms with Crippen LogP contribution in [-0.2, 0) is 34.5 Å². The molecule has 0 spiro atoms. The molecule has 3 atom stereocenters. The van der Waals surface area contributed by atoms with Crippen LogP contribution in [-0.4, -0.2) is 62.0 Å². The number of ether oxygens (including phenoxy) is 1. The van der Waals surface area contributed by atoms with Crippen LogP contribution in [0.5, 0.6) is 0 Å². The summed E-state index contributed by atoms with van der Waals surface area (Å²) in [6.45, 7) is 10.0. The third-order valence-corrected chi connectivity index (χ3v) is 8.87. The van der Waals surface area contributed by atoms with E-state index in [1.54, 1.807) is 13.8 Å². The van der Waals surface area contributed by atoms with Gasteiger partial charge in [0.25, 0.3) is 0 Å². The average Bonchev–Trinajstić information content (AvgIpc) is 2.93. The zero-order chi connectivity index (χ0) is 30.2. The Balaban J connectivity index is 2.89. The standard InChI is InChI=1S/C28H49N4O7P/c1-7-24(40(36,38-8-2)39-9-3)32-23(19-21(4)5)25(33)28(29,26(34)30-6)17-13-14-18-31-27(35)37-20-22-15-11-10-12-16-22/h10-12,15-16,21,23-24,32H,7-9,13-14,17-20,29H2,1-6H3,(H,30,34)(H,31,35)/t23-,24-,28-/m0/s1. The van der Waals surface area contributed by atoms with Crippen LogP contribution in [0.2, 0.25) is 0 Å². The lowest BCUT2D eigenvalue weighted by Gasteiger charge is -2.35. The van der Waals surface area contributed by atoms with Gasteiger partial charge in [-0.2, -0.15) is 0 Å². The number of benzene rings is 1. The second kappa shape index (κ2) is 18.2. The Hall–Kier alpha value is -2.30. The molecule has 0 aliphatic rings. The molecule has 0 bridgehead atoms. The number of hydrogen-bond donors (Lipinski definition) is 4. The van der Waals surface area contributed by atoms with E-state index in [0.29, 0.717) is 32.2 Å². The van der Waals surface area contributed by atoms with Crippen LogP contribution in [0.25, 0.3) is 0 Å². The molecule has 5 N–H and O–H groups in total. The number of nitrogens with one attached hydrogen (secondary N) is 3. The average molecular weight is 585 g/mol. The van der Waals surface area contributed by atoms with Gasteiger partial charge in [-0.25, -0.2) is 4.79 Å². The first-order chi connectivity index (χ1) is 19.0. The molecule has 0 aliphatic carbocycles. The summed E-state index contributed by atoms with van der Waals surface area (Å²) >= 11 is 0. The van der Waals surface area contributed by atoms with Gasteiger partial charge >= 0.3 is 13.7 Å². The highest BCUT2D eigenvalue weighted by molar-refractivity contribution is 7.54. The Kier molecular flexibility index (Phi) is 16.3. The second-order valence-corrected chi connectivity index (χ2v) is 12.2. The van der Waals surface area contributed by atoms with Crippen molar-refractivity contribution in [2.45, 2.75) is 90.7 Å². The summed E-state index contributed by atoms with van der Waals surface area (Å²) in [6.07, 6.45) is 1.14. The lowest BCUT2D eigenvalue weighted by Crippen LogP contribution is -2.64. The minimum atomic E-state index is -3.57. The van der Waals surface area contributed by atoms with Crippen LogP contribution in [0.4, 0.5) is 4.79 Å². The second-order valence-electron chi connectivity index (χ2n) is 10.0. The number of nitrogens with two attached hydrogens (primary N) is 1. The number of alkyl carbamates (subject to hydrolysis) is 1. The number of unbranched alkanes of at least 4 members (excludes halogenated alkanes) is 1. The van der Waals surface area contributed by atoms with E-state index < -0.39 is 42.7 Å². The van der Waals surface area contributed by atoms with E-state index >= 15 is 0 Å². The fourth-order valence-corrected chi connectivity index (χ4v) is 6.30. The SMILES string of the molecule is CCOP(=O)(OCC)[C@@H](CC)N[C@@H](CC(C)C)C(=O)[C@@](N)(CCCCNC(=O)OCc1ccccc1)C(=O)NC. The summed E-state index contributed by atoms with van der Waals surface area (Å²) in [5.41, 5.74) is 5.58. The maximum atomic E-state index is 13.9. The number of carbonyl (C=O) groups excluding carboxylic acids is 3. The molecule has 0 saturated heterocycles. The number of hydrogen-bond acceptors (Lipinski definition) is 9. The van der Waals surface area contributed by atoms with E-state index in [4.69, 9.17) is 19.5 Å². The first-order valence-corrected chi connectivity index (χ1v) is 15.7. The van der Waals surface area contributed by atoms with Crippen LogP contribution < -0.4 is 21.7 Å². The Bertz CT molecular complexity index is 953. The van der Waals surface area contributed by atoms with Crippen molar-refractivity contribution >= 4 is 25.4 Å². The molecule has 1 rings (SSSR count). The van der Waals surface area contributed by atoms with Gasteiger partial charge in [0.05, 0.1) is 19.3 Å². The molecule has 1 aromatic rings. The van der Waals surface area contributed by atoms with Crippen molar-refractivity contribution < 1.29 is 32.7 Å². The predicted octanol–water partition coefficient (Wildman–Crippen LogP) is 4.10. The lowest BCUT2D eigenvalue weighted by molar-refractivity contribution is -0.137. The normalized spacial score (nSPS) is 14.7. The minimum absolute atomic E-state index is 0.0634. The summed E-state index contributed by atoms with van der Waals surface area (Å²) in [6, 6.07) is 8.48. The molecule has 2 amide bonds. The van der Waals surface area contributed by atoms with E-state index in [1.165, 1.54) is 7.05 Å². The predicted molar refractivity (Wildman–Crippen MR) is 156 cm³/mol. The first kappa shape index (κ1) is 35.7. The van der Waals surface area contributed by atoms with Crippen molar-refractivity contribution in [3.8, 4) is 0 Å². The highest BCUT2D eigenvalue weighted by Gasteiger charge is 2.46. The number of carbonyl (C=O) groups is 3. The van der Waals surface area contributed by atoms with Crippen molar-refractivity contribution in [2.24, 2.45) is 11.7 Å². The number of likely N-dealkylation sites (N-methyl/N-ethyl adjacent to an activating group) is 1. The van der Waals surface area contributed by atoms with E-state index in [-0.39, 0.29) is 32.2 Å². The topological polar surface area (TPSA) is 158 Å². The van der Waals surface area contributed by atoms with Crippen LogP contribution in [0.15, 0.2) is 30.3 Å². The molecule has 1 aromatic carbocycles. The van der Waals surface area contributed by atoms with Gasteiger partial charge in [0, 0.05) is 13.6 Å². The van der Waals surface area contributed by atoms with Crippen molar-refractivity contribution in [3.63, 3.8) is 0 Å². The molecule has 0 fully saturated rings. The van der Waals surface area contributed by atoms with Gasteiger partial charge in [0.1, 0.15) is 12.4 Å². The number of rotatable bonds is 20. The van der Waals surface area contributed by atoms with Gasteiger partial charge in [-0.1, -0.05) is 51.1 Å². The molecule has 0 aliphatic heterocycles. The quantitative estimate of drug-likeness (QED) is 0.101. The summed E-state index contributed by atoms with van der Waals surface area (Å²) in [5, 5.41) is 8.37. The van der Waals surface area contributed by atoms with Gasteiger partial charge in [-0.15, -0.1) is 0 Å². The molecule has 0 heterocycles. The number of amides is 2. The molecule has 0 aromatic heterocycles. The van der Waals surface area contributed by atoms with Gasteiger partial charge in [0.15, 0.2) is 11.3 Å². The van der Waals surface area contributed by atoms with E-state index in [0.717, 1.165) is 5.56 Å². The van der Waals surface area contributed by atoms with Crippen molar-refractivity contribution in [1.82, 2.24) is 16.0 Å². The van der Waals surface area contributed by atoms with E-state index in [1.807, 2.05) is 51.1 Å². The third kappa shape index (κ3) is 11.3. The Morgan fingerprint density at radius 1 is 1.02 bits per heavy atom.